The van der Waals surface area contributed by atoms with E-state index >= 15 is 0 Å². The first-order chi connectivity index (χ1) is 15.2. The van der Waals surface area contributed by atoms with Crippen molar-refractivity contribution in [1.29, 1.82) is 0 Å². The minimum atomic E-state index is -4.55. The van der Waals surface area contributed by atoms with Crippen molar-refractivity contribution < 1.29 is 36.3 Å². The summed E-state index contributed by atoms with van der Waals surface area (Å²) in [7, 11) is -2.65. The topological polar surface area (TPSA) is 107 Å². The second-order valence-corrected chi connectivity index (χ2v) is 11.0. The van der Waals surface area contributed by atoms with Crippen LogP contribution in [0, 0.1) is 17.8 Å². The lowest BCUT2D eigenvalue weighted by atomic mass is 9.96. The Labute approximate surface area is 190 Å². The monoisotopic (exact) mass is 491 g/mol. The molecule has 184 valence electrons. The van der Waals surface area contributed by atoms with Gasteiger partial charge in [0.15, 0.2) is 0 Å². The van der Waals surface area contributed by atoms with E-state index in [2.05, 4.69) is 5.32 Å². The zero-order valence-corrected chi connectivity index (χ0v) is 19.4. The van der Waals surface area contributed by atoms with Gasteiger partial charge in [-0.1, -0.05) is 13.8 Å². The third-order valence-corrected chi connectivity index (χ3v) is 8.44. The Morgan fingerprint density at radius 2 is 1.76 bits per heavy atom. The molecule has 2 N–H and O–H groups in total. The number of rotatable bonds is 6. The second kappa shape index (κ2) is 9.13. The van der Waals surface area contributed by atoms with Crippen LogP contribution < -0.4 is 5.32 Å². The molecular weight excluding hydrogens is 463 g/mol. The van der Waals surface area contributed by atoms with Gasteiger partial charge in [0.05, 0.1) is 10.5 Å². The van der Waals surface area contributed by atoms with E-state index in [-0.39, 0.29) is 41.8 Å². The summed E-state index contributed by atoms with van der Waals surface area (Å²) in [6, 6.07) is 2.23. The van der Waals surface area contributed by atoms with E-state index < -0.39 is 39.8 Å². The van der Waals surface area contributed by atoms with Crippen molar-refractivity contribution in [3.05, 3.63) is 29.8 Å². The van der Waals surface area contributed by atoms with Crippen molar-refractivity contribution in [1.82, 2.24) is 14.5 Å². The van der Waals surface area contributed by atoms with Crippen LogP contribution in [0.2, 0.25) is 0 Å². The molecule has 8 nitrogen and oxygen atoms in total. The molecule has 12 heteroatoms. The summed E-state index contributed by atoms with van der Waals surface area (Å²) in [5.74, 6) is -0.830. The number of alkyl halides is 3. The van der Waals surface area contributed by atoms with Crippen LogP contribution in [0.15, 0.2) is 29.2 Å². The highest BCUT2D eigenvalue weighted by Gasteiger charge is 2.47. The summed E-state index contributed by atoms with van der Waals surface area (Å²) in [4.78, 5) is 24.9. The SMILES string of the molecule is CC(C)[C@@H](C(=O)N[C@@H]1CC[C@H]2CN(S(=O)(=O)c3ccc(C(F)(F)F)cc3)C[C@H]21)N(C)C(=O)O. The Morgan fingerprint density at radius 1 is 1.15 bits per heavy atom. The van der Waals surface area contributed by atoms with E-state index in [9.17, 15) is 36.3 Å². The van der Waals surface area contributed by atoms with Crippen molar-refractivity contribution >= 4 is 22.0 Å². The lowest BCUT2D eigenvalue weighted by Crippen LogP contribution is -2.53. The highest BCUT2D eigenvalue weighted by molar-refractivity contribution is 7.89. The fraction of sp³-hybridized carbons (Fsp3) is 0.619. The first-order valence-corrected chi connectivity index (χ1v) is 12.1. The molecular formula is C21H28F3N3O5S. The maximum atomic E-state index is 13.0. The standard InChI is InChI=1S/C21H28F3N3O5S/c1-12(2)18(26(3)20(29)30)19(28)25-17-9-4-13-10-27(11-16(13)17)33(31,32)15-7-5-14(6-8-15)21(22,23)24/h5-8,12-13,16-18H,4,9-11H2,1-3H3,(H,25,28)(H,29,30)/t13-,16+,17+,18-/m0/s1. The number of nitrogens with zero attached hydrogens (tertiary/aromatic N) is 2. The molecule has 2 amide bonds. The fourth-order valence-corrected chi connectivity index (χ4v) is 6.41. The molecule has 3 rings (SSSR count). The average molecular weight is 492 g/mol. The molecule has 1 heterocycles. The molecule has 2 aliphatic rings. The summed E-state index contributed by atoms with van der Waals surface area (Å²) >= 11 is 0. The average Bonchev–Trinajstić information content (AvgIpc) is 3.29. The molecule has 0 unspecified atom stereocenters. The number of fused-ring (bicyclic) bond motifs is 1. The molecule has 0 bridgehead atoms. The lowest BCUT2D eigenvalue weighted by molar-refractivity contribution is -0.137. The first kappa shape index (κ1) is 25.3. The molecule has 0 spiro atoms. The van der Waals surface area contributed by atoms with Gasteiger partial charge in [0.25, 0.3) is 0 Å². The van der Waals surface area contributed by atoms with Crippen molar-refractivity contribution in [2.75, 3.05) is 20.1 Å². The molecule has 0 aromatic heterocycles. The van der Waals surface area contributed by atoms with E-state index in [1.54, 1.807) is 13.8 Å². The molecule has 1 aromatic rings. The number of hydrogen-bond donors (Lipinski definition) is 2. The number of sulfonamides is 1. The van der Waals surface area contributed by atoms with E-state index in [1.165, 1.54) is 11.4 Å². The van der Waals surface area contributed by atoms with Crippen molar-refractivity contribution in [2.45, 2.75) is 49.8 Å². The molecule has 2 fully saturated rings. The number of carboxylic acid groups (broad SMARTS) is 1. The number of amides is 2. The van der Waals surface area contributed by atoms with Crippen molar-refractivity contribution in [2.24, 2.45) is 17.8 Å². The summed E-state index contributed by atoms with van der Waals surface area (Å²) in [6.45, 7) is 3.85. The smallest absolute Gasteiger partial charge is 0.416 e. The van der Waals surface area contributed by atoms with Crippen molar-refractivity contribution in [3.8, 4) is 0 Å². The number of halogens is 3. The maximum absolute atomic E-state index is 13.0. The van der Waals surface area contributed by atoms with Gasteiger partial charge in [-0.2, -0.15) is 17.5 Å². The molecule has 1 saturated heterocycles. The van der Waals surface area contributed by atoms with Gasteiger partial charge in [-0.15, -0.1) is 0 Å². The van der Waals surface area contributed by atoms with E-state index in [0.717, 1.165) is 29.2 Å². The minimum Gasteiger partial charge on any atom is -0.465 e. The number of carbonyl (C=O) groups is 2. The van der Waals surface area contributed by atoms with Crippen LogP contribution in [-0.4, -0.2) is 67.0 Å². The third kappa shape index (κ3) is 5.11. The Hall–Kier alpha value is -2.34. The molecule has 1 aromatic carbocycles. The van der Waals surface area contributed by atoms with Crippen LogP contribution in [0.3, 0.4) is 0 Å². The number of nitrogens with one attached hydrogen (secondary N) is 1. The number of carbonyl (C=O) groups excluding carboxylic acids is 1. The summed E-state index contributed by atoms with van der Waals surface area (Å²) in [5, 5.41) is 12.2. The highest BCUT2D eigenvalue weighted by atomic mass is 32.2. The largest absolute Gasteiger partial charge is 0.465 e. The quantitative estimate of drug-likeness (QED) is 0.637. The zero-order chi connectivity index (χ0) is 24.7. The summed E-state index contributed by atoms with van der Waals surface area (Å²) < 4.78 is 65.6. The van der Waals surface area contributed by atoms with Crippen molar-refractivity contribution in [3.63, 3.8) is 0 Å². The van der Waals surface area contributed by atoms with Crippen LogP contribution in [0.5, 0.6) is 0 Å². The third-order valence-electron chi connectivity index (χ3n) is 6.59. The van der Waals surface area contributed by atoms with Crippen LogP contribution in [0.1, 0.15) is 32.3 Å². The second-order valence-electron chi connectivity index (χ2n) is 9.04. The van der Waals surface area contributed by atoms with Gasteiger partial charge < -0.3 is 10.4 Å². The predicted octanol–water partition coefficient (Wildman–Crippen LogP) is 2.86. The van der Waals surface area contributed by atoms with Crippen LogP contribution in [-0.2, 0) is 21.0 Å². The van der Waals surface area contributed by atoms with E-state index in [1.807, 2.05) is 0 Å². The Bertz CT molecular complexity index is 997. The van der Waals surface area contributed by atoms with Gasteiger partial charge in [0.1, 0.15) is 6.04 Å². The zero-order valence-electron chi connectivity index (χ0n) is 18.5. The minimum absolute atomic E-state index is 0.00854. The molecule has 1 aliphatic carbocycles. The van der Waals surface area contributed by atoms with Gasteiger partial charge in [0, 0.05) is 26.2 Å². The maximum Gasteiger partial charge on any atom is 0.416 e. The van der Waals surface area contributed by atoms with E-state index in [0.29, 0.717) is 12.8 Å². The molecule has 1 saturated carbocycles. The number of benzene rings is 1. The van der Waals surface area contributed by atoms with Crippen LogP contribution >= 0.6 is 0 Å². The Balaban J connectivity index is 1.71. The normalized spacial score (nSPS) is 24.5. The fourth-order valence-electron chi connectivity index (χ4n) is 4.88. The van der Waals surface area contributed by atoms with Crippen LogP contribution in [0.4, 0.5) is 18.0 Å². The van der Waals surface area contributed by atoms with Gasteiger partial charge in [-0.3, -0.25) is 9.69 Å². The predicted molar refractivity (Wildman–Crippen MR) is 113 cm³/mol. The first-order valence-electron chi connectivity index (χ1n) is 10.7. The molecule has 4 atom stereocenters. The van der Waals surface area contributed by atoms with Gasteiger partial charge in [-0.25, -0.2) is 13.2 Å². The summed E-state index contributed by atoms with van der Waals surface area (Å²) in [5.41, 5.74) is -0.923. The van der Waals surface area contributed by atoms with Gasteiger partial charge >= 0.3 is 12.3 Å². The Kier molecular flexibility index (Phi) is 6.99. The lowest BCUT2D eigenvalue weighted by Gasteiger charge is -2.30. The van der Waals surface area contributed by atoms with Crippen LogP contribution in [0.25, 0.3) is 0 Å². The van der Waals surface area contributed by atoms with Gasteiger partial charge in [0.2, 0.25) is 15.9 Å². The molecule has 0 radical (unpaired) electrons. The summed E-state index contributed by atoms with van der Waals surface area (Å²) in [6.07, 6.45) is -4.43. The van der Waals surface area contributed by atoms with Gasteiger partial charge in [-0.05, 0) is 54.9 Å². The Morgan fingerprint density at radius 3 is 2.27 bits per heavy atom. The van der Waals surface area contributed by atoms with E-state index in [4.69, 9.17) is 0 Å². The molecule has 1 aliphatic heterocycles. The number of hydrogen-bond acceptors (Lipinski definition) is 4. The number of likely N-dealkylation sites (N-methyl/N-ethyl adjacent to an activating group) is 1. The molecule has 33 heavy (non-hydrogen) atoms. The highest BCUT2D eigenvalue weighted by Crippen LogP contribution is 2.40.